The van der Waals surface area contributed by atoms with Crippen LogP contribution >= 0.6 is 22.9 Å². The summed E-state index contributed by atoms with van der Waals surface area (Å²) in [6.45, 7) is 4.47. The molecule has 1 saturated heterocycles. The van der Waals surface area contributed by atoms with Crippen molar-refractivity contribution >= 4 is 33.0 Å². The molecule has 0 N–H and O–H groups in total. The van der Waals surface area contributed by atoms with Crippen molar-refractivity contribution in [3.05, 3.63) is 52.4 Å². The summed E-state index contributed by atoms with van der Waals surface area (Å²) in [6, 6.07) is 13.2. The smallest absolute Gasteiger partial charge is 0.253 e. The van der Waals surface area contributed by atoms with Crippen LogP contribution in [0.5, 0.6) is 0 Å². The molecular formula is C17H20ClNO3S2. The molecule has 0 bridgehead atoms. The highest BCUT2D eigenvalue weighted by Crippen LogP contribution is 2.34. The van der Waals surface area contributed by atoms with Crippen molar-refractivity contribution in [3.63, 3.8) is 0 Å². The number of hydrogen-bond donors (Lipinski definition) is 0. The SMILES string of the molecule is CC1(C)COC(Cc2ccccc2)CN1S(=O)(=O)c1ccc(Cl)s1. The molecule has 1 aliphatic heterocycles. The van der Waals surface area contributed by atoms with E-state index >= 15 is 0 Å². The molecule has 4 nitrogen and oxygen atoms in total. The highest BCUT2D eigenvalue weighted by molar-refractivity contribution is 7.91. The molecule has 0 aliphatic carbocycles. The Morgan fingerprint density at radius 1 is 1.25 bits per heavy atom. The van der Waals surface area contributed by atoms with E-state index in [1.165, 1.54) is 0 Å². The normalized spacial score (nSPS) is 21.7. The zero-order valence-corrected chi connectivity index (χ0v) is 16.0. The number of rotatable bonds is 4. The Kier molecular flexibility index (Phi) is 5.04. The third-order valence-electron chi connectivity index (χ3n) is 4.12. The van der Waals surface area contributed by atoms with E-state index in [1.54, 1.807) is 16.4 Å². The Morgan fingerprint density at radius 3 is 2.58 bits per heavy atom. The largest absolute Gasteiger partial charge is 0.375 e. The van der Waals surface area contributed by atoms with Crippen molar-refractivity contribution in [2.75, 3.05) is 13.2 Å². The maximum Gasteiger partial charge on any atom is 0.253 e. The van der Waals surface area contributed by atoms with Gasteiger partial charge in [0.15, 0.2) is 0 Å². The second kappa shape index (κ2) is 6.77. The van der Waals surface area contributed by atoms with Crippen molar-refractivity contribution in [2.24, 2.45) is 0 Å². The first-order valence-corrected chi connectivity index (χ1v) is 10.4. The Labute approximate surface area is 152 Å². The summed E-state index contributed by atoms with van der Waals surface area (Å²) in [6.07, 6.45) is 0.527. The van der Waals surface area contributed by atoms with Gasteiger partial charge in [-0.05, 0) is 38.0 Å². The van der Waals surface area contributed by atoms with Gasteiger partial charge in [0.05, 0.1) is 22.6 Å². The minimum Gasteiger partial charge on any atom is -0.375 e. The third-order valence-corrected chi connectivity index (χ3v) is 7.89. The summed E-state index contributed by atoms with van der Waals surface area (Å²) < 4.78 is 34.3. The van der Waals surface area contributed by atoms with Gasteiger partial charge >= 0.3 is 0 Å². The molecular weight excluding hydrogens is 366 g/mol. The van der Waals surface area contributed by atoms with Gasteiger partial charge in [-0.15, -0.1) is 11.3 Å². The number of ether oxygens (including phenoxy) is 1. The van der Waals surface area contributed by atoms with E-state index in [0.717, 1.165) is 16.9 Å². The first kappa shape index (κ1) is 17.9. The number of hydrogen-bond acceptors (Lipinski definition) is 4. The van der Waals surface area contributed by atoms with Crippen LogP contribution in [0.4, 0.5) is 0 Å². The molecule has 0 radical (unpaired) electrons. The quantitative estimate of drug-likeness (QED) is 0.803. The van der Waals surface area contributed by atoms with Gasteiger partial charge in [-0.3, -0.25) is 0 Å². The molecule has 130 valence electrons. The van der Waals surface area contributed by atoms with Gasteiger partial charge in [-0.1, -0.05) is 41.9 Å². The minimum atomic E-state index is -3.59. The Bertz CT molecular complexity index is 802. The Hall–Kier alpha value is -0.920. The lowest BCUT2D eigenvalue weighted by Gasteiger charge is -2.44. The molecule has 1 aliphatic rings. The van der Waals surface area contributed by atoms with E-state index in [2.05, 4.69) is 0 Å². The van der Waals surface area contributed by atoms with Crippen LogP contribution in [0.25, 0.3) is 0 Å². The molecule has 24 heavy (non-hydrogen) atoms. The Balaban J connectivity index is 1.84. The van der Waals surface area contributed by atoms with E-state index < -0.39 is 15.6 Å². The second-order valence-electron chi connectivity index (χ2n) is 6.53. The van der Waals surface area contributed by atoms with Gasteiger partial charge in [-0.25, -0.2) is 8.42 Å². The molecule has 0 amide bonds. The van der Waals surface area contributed by atoms with Gasteiger partial charge in [0.2, 0.25) is 0 Å². The molecule has 1 aromatic heterocycles. The minimum absolute atomic E-state index is 0.161. The van der Waals surface area contributed by atoms with Gasteiger partial charge in [0, 0.05) is 6.54 Å². The number of benzene rings is 1. The lowest BCUT2D eigenvalue weighted by Crippen LogP contribution is -2.58. The molecule has 7 heteroatoms. The fourth-order valence-electron chi connectivity index (χ4n) is 2.85. The molecule has 1 atom stereocenters. The van der Waals surface area contributed by atoms with Gasteiger partial charge in [0.25, 0.3) is 10.0 Å². The topological polar surface area (TPSA) is 46.6 Å². The standard InChI is InChI=1S/C17H20ClNO3S2/c1-17(2)12-22-14(10-13-6-4-3-5-7-13)11-19(17)24(20,21)16-9-8-15(18)23-16/h3-9,14H,10-12H2,1-2H3. The third kappa shape index (κ3) is 3.68. The summed E-state index contributed by atoms with van der Waals surface area (Å²) in [5.74, 6) is 0. The fraction of sp³-hybridized carbons (Fsp3) is 0.412. The summed E-state index contributed by atoms with van der Waals surface area (Å²) in [7, 11) is -3.59. The zero-order valence-electron chi connectivity index (χ0n) is 13.6. The van der Waals surface area contributed by atoms with Crippen LogP contribution in [-0.2, 0) is 21.2 Å². The maximum atomic E-state index is 13.0. The van der Waals surface area contributed by atoms with E-state index in [4.69, 9.17) is 16.3 Å². The molecule has 3 rings (SSSR count). The number of nitrogens with zero attached hydrogens (tertiary/aromatic N) is 1. The van der Waals surface area contributed by atoms with Crippen LogP contribution < -0.4 is 0 Å². The van der Waals surface area contributed by atoms with Crippen LogP contribution in [0.1, 0.15) is 19.4 Å². The number of halogens is 1. The monoisotopic (exact) mass is 385 g/mol. The molecule has 2 aromatic rings. The number of sulfonamides is 1. The number of thiophene rings is 1. The number of morpholine rings is 1. The highest BCUT2D eigenvalue weighted by atomic mass is 35.5. The van der Waals surface area contributed by atoms with E-state index in [9.17, 15) is 8.42 Å². The molecule has 0 spiro atoms. The lowest BCUT2D eigenvalue weighted by atomic mass is 10.0. The van der Waals surface area contributed by atoms with Crippen molar-refractivity contribution in [3.8, 4) is 0 Å². The predicted octanol–water partition coefficient (Wildman–Crippen LogP) is 3.81. The molecule has 1 aromatic carbocycles. The average molecular weight is 386 g/mol. The summed E-state index contributed by atoms with van der Waals surface area (Å²) in [5, 5.41) is 0. The van der Waals surface area contributed by atoms with Crippen LogP contribution in [0.3, 0.4) is 0 Å². The van der Waals surface area contributed by atoms with Gasteiger partial charge < -0.3 is 4.74 Å². The Morgan fingerprint density at radius 2 is 1.96 bits per heavy atom. The van der Waals surface area contributed by atoms with E-state index in [0.29, 0.717) is 23.9 Å². The van der Waals surface area contributed by atoms with Crippen molar-refractivity contribution < 1.29 is 13.2 Å². The summed E-state index contributed by atoms with van der Waals surface area (Å²) in [4.78, 5) is 0. The van der Waals surface area contributed by atoms with Crippen LogP contribution in [0.15, 0.2) is 46.7 Å². The van der Waals surface area contributed by atoms with Crippen LogP contribution in [-0.4, -0.2) is 37.5 Å². The predicted molar refractivity (Wildman–Crippen MR) is 97.2 cm³/mol. The van der Waals surface area contributed by atoms with Crippen LogP contribution in [0.2, 0.25) is 4.34 Å². The van der Waals surface area contributed by atoms with Crippen LogP contribution in [0, 0.1) is 0 Å². The zero-order chi connectivity index (χ0) is 17.4. The van der Waals surface area contributed by atoms with E-state index in [1.807, 2.05) is 44.2 Å². The lowest BCUT2D eigenvalue weighted by molar-refractivity contribution is -0.0628. The van der Waals surface area contributed by atoms with Crippen molar-refractivity contribution in [1.29, 1.82) is 0 Å². The molecule has 2 heterocycles. The maximum absolute atomic E-state index is 13.0. The van der Waals surface area contributed by atoms with Gasteiger partial charge in [-0.2, -0.15) is 4.31 Å². The van der Waals surface area contributed by atoms with Crippen molar-refractivity contribution in [2.45, 2.75) is 36.1 Å². The fourth-order valence-corrected chi connectivity index (χ4v) is 6.24. The van der Waals surface area contributed by atoms with Crippen molar-refractivity contribution in [1.82, 2.24) is 4.31 Å². The second-order valence-corrected chi connectivity index (χ2v) is 10.3. The molecule has 1 unspecified atom stereocenters. The molecule has 0 saturated carbocycles. The van der Waals surface area contributed by atoms with Gasteiger partial charge in [0.1, 0.15) is 4.21 Å². The molecule has 1 fully saturated rings. The summed E-state index contributed by atoms with van der Waals surface area (Å²) in [5.41, 5.74) is 0.543. The first-order chi connectivity index (χ1) is 11.3. The van der Waals surface area contributed by atoms with E-state index in [-0.39, 0.29) is 10.3 Å². The highest BCUT2D eigenvalue weighted by Gasteiger charge is 2.43. The average Bonchev–Trinajstić information content (AvgIpc) is 2.97. The first-order valence-electron chi connectivity index (χ1n) is 7.73. The summed E-state index contributed by atoms with van der Waals surface area (Å²) >= 11 is 7.01.